The highest BCUT2D eigenvalue weighted by molar-refractivity contribution is 5.68. The van der Waals surface area contributed by atoms with Gasteiger partial charge in [-0.2, -0.15) is 0 Å². The molecule has 0 aromatic heterocycles. The number of carbonyl (C=O) groups is 1. The fraction of sp³-hybridized carbons (Fsp3) is 0.462. The molecule has 0 saturated carbocycles. The van der Waals surface area contributed by atoms with Gasteiger partial charge < -0.3 is 15.0 Å². The molecule has 4 nitrogen and oxygen atoms in total. The Hall–Kier alpha value is -1.55. The monoisotopic (exact) mass is 232 g/mol. The van der Waals surface area contributed by atoms with E-state index in [9.17, 15) is 4.79 Å². The lowest BCUT2D eigenvalue weighted by Gasteiger charge is -2.24. The van der Waals surface area contributed by atoms with E-state index in [-0.39, 0.29) is 6.09 Å². The van der Waals surface area contributed by atoms with E-state index >= 15 is 0 Å². The Balaban J connectivity index is 1.50. The molecule has 0 unspecified atom stereocenters. The molecule has 3 rings (SSSR count). The molecule has 2 aliphatic rings. The van der Waals surface area contributed by atoms with Gasteiger partial charge in [-0.25, -0.2) is 4.79 Å². The first kappa shape index (κ1) is 10.6. The molecule has 0 spiro atoms. The van der Waals surface area contributed by atoms with E-state index in [0.29, 0.717) is 18.7 Å². The minimum absolute atomic E-state index is 0.194. The van der Waals surface area contributed by atoms with Gasteiger partial charge in [0.05, 0.1) is 0 Å². The number of ether oxygens (including phenoxy) is 1. The molecule has 0 bridgehead atoms. The Kier molecular flexibility index (Phi) is 2.73. The van der Waals surface area contributed by atoms with Crippen LogP contribution in [0.5, 0.6) is 0 Å². The highest BCUT2D eigenvalue weighted by Crippen LogP contribution is 2.22. The molecule has 1 aromatic rings. The number of nitrogens with zero attached hydrogens (tertiary/aromatic N) is 1. The van der Waals surface area contributed by atoms with E-state index in [2.05, 4.69) is 5.32 Å². The molecule has 1 amide bonds. The first-order chi connectivity index (χ1) is 8.33. The summed E-state index contributed by atoms with van der Waals surface area (Å²) in [4.78, 5) is 13.6. The standard InChI is InChI=1S/C13H16N2O2/c16-13(15-7-6-11-12(8-15)14-11)17-9-10-4-2-1-3-5-10/h1-5,11-12,14H,6-9H2/t11-,12+/m1/s1. The fourth-order valence-corrected chi connectivity index (χ4v) is 2.28. The van der Waals surface area contributed by atoms with E-state index < -0.39 is 0 Å². The van der Waals surface area contributed by atoms with Gasteiger partial charge in [0, 0.05) is 25.2 Å². The zero-order valence-electron chi connectivity index (χ0n) is 9.63. The second-order valence-corrected chi connectivity index (χ2v) is 4.65. The van der Waals surface area contributed by atoms with Crippen molar-refractivity contribution < 1.29 is 9.53 Å². The Bertz CT molecular complexity index is 407. The van der Waals surface area contributed by atoms with E-state index in [4.69, 9.17) is 4.74 Å². The van der Waals surface area contributed by atoms with Crippen molar-refractivity contribution in [3.05, 3.63) is 35.9 Å². The molecule has 1 aromatic carbocycles. The number of piperidine rings is 1. The fourth-order valence-electron chi connectivity index (χ4n) is 2.28. The number of hydrogen-bond donors (Lipinski definition) is 1. The molecule has 2 fully saturated rings. The van der Waals surface area contributed by atoms with Crippen LogP contribution in [0.15, 0.2) is 30.3 Å². The smallest absolute Gasteiger partial charge is 0.410 e. The minimum atomic E-state index is -0.194. The number of amides is 1. The molecule has 4 heteroatoms. The second kappa shape index (κ2) is 4.37. The van der Waals surface area contributed by atoms with Crippen LogP contribution in [0.1, 0.15) is 12.0 Å². The zero-order valence-corrected chi connectivity index (χ0v) is 9.63. The van der Waals surface area contributed by atoms with Crippen LogP contribution < -0.4 is 5.32 Å². The largest absolute Gasteiger partial charge is 0.445 e. The highest BCUT2D eigenvalue weighted by atomic mass is 16.6. The van der Waals surface area contributed by atoms with E-state index in [1.54, 1.807) is 4.90 Å². The molecule has 0 aliphatic carbocycles. The van der Waals surface area contributed by atoms with Crippen LogP contribution in [0, 0.1) is 0 Å². The van der Waals surface area contributed by atoms with E-state index in [1.165, 1.54) is 0 Å². The maximum absolute atomic E-state index is 11.8. The SMILES string of the molecule is O=C(OCc1ccccc1)N1CC[C@H]2N[C@H]2C1. The first-order valence-electron chi connectivity index (χ1n) is 6.04. The molecule has 2 aliphatic heterocycles. The van der Waals surface area contributed by atoms with E-state index in [1.807, 2.05) is 30.3 Å². The van der Waals surface area contributed by atoms with Crippen LogP contribution >= 0.6 is 0 Å². The molecular weight excluding hydrogens is 216 g/mol. The summed E-state index contributed by atoms with van der Waals surface area (Å²) in [5.74, 6) is 0. The summed E-state index contributed by atoms with van der Waals surface area (Å²) in [5, 5.41) is 3.34. The van der Waals surface area contributed by atoms with Crippen molar-refractivity contribution in [1.29, 1.82) is 0 Å². The van der Waals surface area contributed by atoms with Crippen molar-refractivity contribution in [2.45, 2.75) is 25.1 Å². The van der Waals surface area contributed by atoms with Crippen LogP contribution in [0.3, 0.4) is 0 Å². The number of benzene rings is 1. The number of carbonyl (C=O) groups excluding carboxylic acids is 1. The topological polar surface area (TPSA) is 51.5 Å². The number of fused-ring (bicyclic) bond motifs is 1. The molecule has 1 N–H and O–H groups in total. The summed E-state index contributed by atoms with van der Waals surface area (Å²) >= 11 is 0. The zero-order chi connectivity index (χ0) is 11.7. The van der Waals surface area contributed by atoms with Crippen molar-refractivity contribution in [1.82, 2.24) is 10.2 Å². The molecule has 2 atom stereocenters. The lowest BCUT2D eigenvalue weighted by Crippen LogP contribution is -2.39. The molecule has 17 heavy (non-hydrogen) atoms. The second-order valence-electron chi connectivity index (χ2n) is 4.65. The quantitative estimate of drug-likeness (QED) is 0.783. The molecule has 90 valence electrons. The molecule has 0 radical (unpaired) electrons. The Morgan fingerprint density at radius 1 is 1.35 bits per heavy atom. The average Bonchev–Trinajstić information content (AvgIpc) is 3.15. The average molecular weight is 232 g/mol. The van der Waals surface area contributed by atoms with Gasteiger partial charge in [0.25, 0.3) is 0 Å². The number of hydrogen-bond acceptors (Lipinski definition) is 3. The predicted molar refractivity (Wildman–Crippen MR) is 63.5 cm³/mol. The summed E-state index contributed by atoms with van der Waals surface area (Å²) in [6.45, 7) is 1.96. The first-order valence-corrected chi connectivity index (χ1v) is 6.04. The number of nitrogens with one attached hydrogen (secondary N) is 1. The van der Waals surface area contributed by atoms with Crippen molar-refractivity contribution in [3.63, 3.8) is 0 Å². The maximum Gasteiger partial charge on any atom is 0.410 e. The summed E-state index contributed by atoms with van der Waals surface area (Å²) in [7, 11) is 0. The minimum Gasteiger partial charge on any atom is -0.445 e. The third-order valence-electron chi connectivity index (χ3n) is 3.40. The summed E-state index contributed by atoms with van der Waals surface area (Å²) in [5.41, 5.74) is 1.03. The molecule has 2 saturated heterocycles. The van der Waals surface area contributed by atoms with Gasteiger partial charge in [0.1, 0.15) is 6.61 Å². The van der Waals surface area contributed by atoms with Crippen LogP contribution in [-0.2, 0) is 11.3 Å². The predicted octanol–water partition coefficient (Wildman–Crippen LogP) is 1.37. The van der Waals surface area contributed by atoms with E-state index in [0.717, 1.165) is 25.1 Å². The van der Waals surface area contributed by atoms with Gasteiger partial charge in [0.2, 0.25) is 0 Å². The lowest BCUT2D eigenvalue weighted by atomic mass is 10.1. The van der Waals surface area contributed by atoms with Gasteiger partial charge in [-0.1, -0.05) is 30.3 Å². The highest BCUT2D eigenvalue weighted by Gasteiger charge is 2.42. The van der Waals surface area contributed by atoms with Gasteiger partial charge in [0.15, 0.2) is 0 Å². The van der Waals surface area contributed by atoms with Crippen LogP contribution in [-0.4, -0.2) is 36.2 Å². The number of likely N-dealkylation sites (tertiary alicyclic amines) is 1. The Labute approximate surface area is 101 Å². The Morgan fingerprint density at radius 2 is 2.18 bits per heavy atom. The third-order valence-corrected chi connectivity index (χ3v) is 3.40. The van der Waals surface area contributed by atoms with Crippen molar-refractivity contribution in [3.8, 4) is 0 Å². The van der Waals surface area contributed by atoms with Crippen LogP contribution in [0.4, 0.5) is 4.79 Å². The van der Waals surface area contributed by atoms with Crippen molar-refractivity contribution in [2.24, 2.45) is 0 Å². The van der Waals surface area contributed by atoms with Gasteiger partial charge in [-0.15, -0.1) is 0 Å². The molecule has 2 heterocycles. The number of rotatable bonds is 2. The Morgan fingerprint density at radius 3 is 2.94 bits per heavy atom. The normalized spacial score (nSPS) is 26.2. The summed E-state index contributed by atoms with van der Waals surface area (Å²) < 4.78 is 5.29. The van der Waals surface area contributed by atoms with Gasteiger partial charge in [-0.05, 0) is 12.0 Å². The molecular formula is C13H16N2O2. The summed E-state index contributed by atoms with van der Waals surface area (Å²) in [6.07, 6.45) is 0.853. The summed E-state index contributed by atoms with van der Waals surface area (Å²) in [6, 6.07) is 10.9. The van der Waals surface area contributed by atoms with Gasteiger partial charge in [-0.3, -0.25) is 0 Å². The third kappa shape index (κ3) is 2.42. The van der Waals surface area contributed by atoms with Crippen LogP contribution in [0.2, 0.25) is 0 Å². The van der Waals surface area contributed by atoms with Crippen LogP contribution in [0.25, 0.3) is 0 Å². The van der Waals surface area contributed by atoms with Gasteiger partial charge >= 0.3 is 6.09 Å². The van der Waals surface area contributed by atoms with Crippen molar-refractivity contribution in [2.75, 3.05) is 13.1 Å². The lowest BCUT2D eigenvalue weighted by molar-refractivity contribution is 0.0927. The maximum atomic E-state index is 11.8. The van der Waals surface area contributed by atoms with Crippen molar-refractivity contribution >= 4 is 6.09 Å².